The summed E-state index contributed by atoms with van der Waals surface area (Å²) < 4.78 is 3.26. The van der Waals surface area contributed by atoms with Gasteiger partial charge in [-0.1, -0.05) is 41.1 Å². The van der Waals surface area contributed by atoms with E-state index in [4.69, 9.17) is 0 Å². The summed E-state index contributed by atoms with van der Waals surface area (Å²) in [5.41, 5.74) is 6.45. The van der Waals surface area contributed by atoms with Crippen molar-refractivity contribution in [3.05, 3.63) is 64.3 Å². The minimum Gasteiger partial charge on any atom is -0.344 e. The van der Waals surface area contributed by atoms with E-state index in [-0.39, 0.29) is 6.03 Å². The molecule has 0 saturated carbocycles. The van der Waals surface area contributed by atoms with Gasteiger partial charge < -0.3 is 9.88 Å². The van der Waals surface area contributed by atoms with E-state index in [1.807, 2.05) is 37.3 Å². The third-order valence-corrected chi connectivity index (χ3v) is 5.51. The largest absolute Gasteiger partial charge is 0.344 e. The average molecular weight is 427 g/mol. The summed E-state index contributed by atoms with van der Waals surface area (Å²) in [6.45, 7) is 6.33. The maximum absolute atomic E-state index is 12.1. The van der Waals surface area contributed by atoms with Crippen molar-refractivity contribution in [1.82, 2.24) is 9.99 Å². The summed E-state index contributed by atoms with van der Waals surface area (Å²) in [5, 5.41) is 8.01. The van der Waals surface area contributed by atoms with E-state index >= 15 is 0 Å². The molecule has 5 nitrogen and oxygen atoms in total. The van der Waals surface area contributed by atoms with E-state index in [1.54, 1.807) is 6.21 Å². The van der Waals surface area contributed by atoms with Gasteiger partial charge in [0.2, 0.25) is 0 Å². The van der Waals surface area contributed by atoms with Crippen LogP contribution in [-0.2, 0) is 0 Å². The number of hydrazone groups is 1. The van der Waals surface area contributed by atoms with Gasteiger partial charge in [0, 0.05) is 38.9 Å². The Labute approximate surface area is 167 Å². The Bertz CT molecular complexity index is 993. The molecule has 0 fully saturated rings. The minimum atomic E-state index is -0.376. The maximum atomic E-state index is 12.1. The molecule has 0 radical (unpaired) electrons. The molecule has 0 aliphatic heterocycles. The Balaban J connectivity index is 1.72. The highest BCUT2D eigenvalue weighted by Gasteiger charge is 2.10. The number of rotatable bonds is 5. The fraction of sp³-hybridized carbons (Fsp3) is 0.238. The molecule has 6 heteroatoms. The van der Waals surface area contributed by atoms with Gasteiger partial charge in [0.1, 0.15) is 0 Å². The lowest BCUT2D eigenvalue weighted by molar-refractivity contribution is 0.252. The number of urea groups is 1. The van der Waals surface area contributed by atoms with Crippen LogP contribution in [0, 0.1) is 6.92 Å². The molecule has 1 atom stereocenters. The molecule has 140 valence electrons. The summed E-state index contributed by atoms with van der Waals surface area (Å²) in [4.78, 5) is 12.1. The van der Waals surface area contributed by atoms with Crippen LogP contribution in [0.1, 0.15) is 37.4 Å². The number of para-hydroxylation sites is 1. The zero-order valence-electron chi connectivity index (χ0n) is 15.7. The molecule has 0 aliphatic carbocycles. The van der Waals surface area contributed by atoms with Gasteiger partial charge in [-0.15, -0.1) is 0 Å². The van der Waals surface area contributed by atoms with E-state index in [1.165, 1.54) is 5.52 Å². The summed E-state index contributed by atoms with van der Waals surface area (Å²) >= 11 is 3.45. The van der Waals surface area contributed by atoms with Crippen LogP contribution in [0.15, 0.2) is 58.2 Å². The lowest BCUT2D eigenvalue weighted by Crippen LogP contribution is -2.24. The van der Waals surface area contributed by atoms with Gasteiger partial charge in [0.25, 0.3) is 0 Å². The molecule has 3 rings (SSSR count). The van der Waals surface area contributed by atoms with E-state index < -0.39 is 0 Å². The molecular weight excluding hydrogens is 404 g/mol. The lowest BCUT2D eigenvalue weighted by Gasteiger charge is -2.12. The number of aromatic nitrogens is 1. The van der Waals surface area contributed by atoms with Crippen molar-refractivity contribution in [2.24, 2.45) is 5.10 Å². The van der Waals surface area contributed by atoms with Gasteiger partial charge in [-0.2, -0.15) is 5.10 Å². The number of nitrogens with one attached hydrogen (secondary N) is 2. The molecule has 0 saturated heterocycles. The van der Waals surface area contributed by atoms with Crippen LogP contribution in [0.2, 0.25) is 0 Å². The van der Waals surface area contributed by atoms with Crippen LogP contribution < -0.4 is 10.7 Å². The molecule has 1 aromatic heterocycles. The number of benzene rings is 2. The first-order valence-corrected chi connectivity index (χ1v) is 9.74. The first-order valence-electron chi connectivity index (χ1n) is 8.95. The molecule has 0 spiro atoms. The topological polar surface area (TPSA) is 58.4 Å². The van der Waals surface area contributed by atoms with Crippen LogP contribution in [0.25, 0.3) is 10.9 Å². The number of carbonyl (C=O) groups is 1. The first-order chi connectivity index (χ1) is 13.0. The fourth-order valence-corrected chi connectivity index (χ4v) is 3.18. The lowest BCUT2D eigenvalue weighted by atomic mass is 10.2. The highest BCUT2D eigenvalue weighted by molar-refractivity contribution is 9.10. The van der Waals surface area contributed by atoms with Gasteiger partial charge in [-0.25, -0.2) is 10.2 Å². The quantitative estimate of drug-likeness (QED) is 0.390. The monoisotopic (exact) mass is 426 g/mol. The van der Waals surface area contributed by atoms with E-state index in [0.29, 0.717) is 6.04 Å². The second kappa shape index (κ2) is 8.39. The molecule has 3 aromatic rings. The highest BCUT2D eigenvalue weighted by atomic mass is 79.9. The number of nitrogens with zero attached hydrogens (tertiary/aromatic N) is 2. The Kier molecular flexibility index (Phi) is 5.96. The predicted octanol–water partition coefficient (Wildman–Crippen LogP) is 5.84. The SMILES string of the molecule is CC[C@@H](C)n1cc(/C=N/NC(=O)Nc2ccc(Br)c(C)c2)c2ccccc21. The first kappa shape index (κ1) is 19.2. The van der Waals surface area contributed by atoms with Crippen LogP contribution in [0.4, 0.5) is 10.5 Å². The number of amides is 2. The Morgan fingerprint density at radius 2 is 2.07 bits per heavy atom. The van der Waals surface area contributed by atoms with Gasteiger partial charge in [0.15, 0.2) is 0 Å². The molecule has 0 aliphatic rings. The third-order valence-electron chi connectivity index (χ3n) is 4.62. The molecule has 0 unspecified atom stereocenters. The second-order valence-electron chi connectivity index (χ2n) is 6.55. The molecule has 27 heavy (non-hydrogen) atoms. The second-order valence-corrected chi connectivity index (χ2v) is 7.41. The van der Waals surface area contributed by atoms with Crippen molar-refractivity contribution in [2.75, 3.05) is 5.32 Å². The predicted molar refractivity (Wildman–Crippen MR) is 116 cm³/mol. The third kappa shape index (κ3) is 4.39. The standard InChI is InChI=1S/C21H23BrN4O/c1-4-15(3)26-13-16(18-7-5-6-8-20(18)26)12-23-25-21(27)24-17-9-10-19(22)14(2)11-17/h5-13,15H,4H2,1-3H3,(H2,24,25,27)/b23-12+/t15-/m1/s1. The molecule has 2 N–H and O–H groups in total. The highest BCUT2D eigenvalue weighted by Crippen LogP contribution is 2.25. The van der Waals surface area contributed by atoms with Gasteiger partial charge in [0.05, 0.1) is 6.21 Å². The van der Waals surface area contributed by atoms with Crippen molar-refractivity contribution >= 4 is 44.8 Å². The Morgan fingerprint density at radius 3 is 2.81 bits per heavy atom. The number of hydrogen-bond acceptors (Lipinski definition) is 2. The molecule has 2 aromatic carbocycles. The van der Waals surface area contributed by atoms with E-state index in [0.717, 1.165) is 33.1 Å². The van der Waals surface area contributed by atoms with Crippen LogP contribution in [0.3, 0.4) is 0 Å². The molecule has 2 amide bonds. The number of aryl methyl sites for hydroxylation is 1. The summed E-state index contributed by atoms with van der Waals surface area (Å²) in [5.74, 6) is 0. The Morgan fingerprint density at radius 1 is 1.30 bits per heavy atom. The summed E-state index contributed by atoms with van der Waals surface area (Å²) in [6, 6.07) is 13.9. The van der Waals surface area contributed by atoms with Crippen LogP contribution in [-0.4, -0.2) is 16.8 Å². The zero-order chi connectivity index (χ0) is 19.4. The average Bonchev–Trinajstić information content (AvgIpc) is 3.03. The molecular formula is C21H23BrN4O. The minimum absolute atomic E-state index is 0.376. The van der Waals surface area contributed by atoms with Crippen molar-refractivity contribution in [1.29, 1.82) is 0 Å². The summed E-state index contributed by atoms with van der Waals surface area (Å²) in [7, 11) is 0. The van der Waals surface area contributed by atoms with Crippen molar-refractivity contribution in [2.45, 2.75) is 33.2 Å². The summed E-state index contributed by atoms with van der Waals surface area (Å²) in [6.07, 6.45) is 4.82. The van der Waals surface area contributed by atoms with E-state index in [2.05, 4.69) is 68.5 Å². The van der Waals surface area contributed by atoms with Crippen molar-refractivity contribution in [3.8, 4) is 0 Å². The number of anilines is 1. The molecule has 0 bridgehead atoms. The smallest absolute Gasteiger partial charge is 0.339 e. The maximum Gasteiger partial charge on any atom is 0.339 e. The molecule has 1 heterocycles. The normalized spacial score (nSPS) is 12.4. The van der Waals surface area contributed by atoms with Crippen molar-refractivity contribution in [3.63, 3.8) is 0 Å². The van der Waals surface area contributed by atoms with Gasteiger partial charge in [-0.05, 0) is 50.1 Å². The van der Waals surface area contributed by atoms with Gasteiger partial charge >= 0.3 is 6.03 Å². The Hall–Kier alpha value is -2.60. The number of hydrogen-bond donors (Lipinski definition) is 2. The number of halogens is 1. The van der Waals surface area contributed by atoms with Crippen LogP contribution >= 0.6 is 15.9 Å². The van der Waals surface area contributed by atoms with Crippen molar-refractivity contribution < 1.29 is 4.79 Å². The fourth-order valence-electron chi connectivity index (χ4n) is 2.94. The van der Waals surface area contributed by atoms with E-state index in [9.17, 15) is 4.79 Å². The van der Waals surface area contributed by atoms with Gasteiger partial charge in [-0.3, -0.25) is 0 Å². The van der Waals surface area contributed by atoms with Crippen LogP contribution in [0.5, 0.6) is 0 Å². The zero-order valence-corrected chi connectivity index (χ0v) is 17.2. The number of carbonyl (C=O) groups excluding carboxylic acids is 1. The number of fused-ring (bicyclic) bond motifs is 1.